The van der Waals surface area contributed by atoms with Crippen molar-refractivity contribution in [1.82, 2.24) is 9.97 Å². The standard InChI is InChI=1S/C12H11N3/c1-10-5-4-7-12(15-10)14-9-11-6-2-3-8-13-11/h2-9H,1H3/b14-9+. The number of aromatic nitrogens is 2. The van der Waals surface area contributed by atoms with Gasteiger partial charge in [0.1, 0.15) is 0 Å². The number of aliphatic imine (C=N–C) groups is 1. The zero-order valence-electron chi connectivity index (χ0n) is 8.46. The molecule has 2 heterocycles. The van der Waals surface area contributed by atoms with Crippen LogP contribution in [0.4, 0.5) is 5.82 Å². The highest BCUT2D eigenvalue weighted by Gasteiger charge is 1.90. The molecule has 0 aliphatic carbocycles. The molecule has 0 bridgehead atoms. The van der Waals surface area contributed by atoms with E-state index in [1.54, 1.807) is 12.4 Å². The monoisotopic (exact) mass is 197 g/mol. The van der Waals surface area contributed by atoms with E-state index in [1.807, 2.05) is 43.3 Å². The van der Waals surface area contributed by atoms with Crippen LogP contribution in [0.3, 0.4) is 0 Å². The first-order chi connectivity index (χ1) is 7.34. The van der Waals surface area contributed by atoms with Gasteiger partial charge >= 0.3 is 0 Å². The second-order valence-corrected chi connectivity index (χ2v) is 3.15. The minimum atomic E-state index is 0.709. The molecule has 0 saturated heterocycles. The summed E-state index contributed by atoms with van der Waals surface area (Å²) < 4.78 is 0. The first kappa shape index (κ1) is 9.52. The van der Waals surface area contributed by atoms with Gasteiger partial charge in [-0.1, -0.05) is 12.1 Å². The summed E-state index contributed by atoms with van der Waals surface area (Å²) in [5.74, 6) is 0.709. The number of rotatable bonds is 2. The van der Waals surface area contributed by atoms with Crippen LogP contribution in [0.15, 0.2) is 47.6 Å². The minimum Gasteiger partial charge on any atom is -0.255 e. The van der Waals surface area contributed by atoms with Crippen LogP contribution in [-0.4, -0.2) is 16.2 Å². The molecule has 2 aromatic rings. The summed E-state index contributed by atoms with van der Waals surface area (Å²) >= 11 is 0. The van der Waals surface area contributed by atoms with Gasteiger partial charge in [0.05, 0.1) is 11.9 Å². The summed E-state index contributed by atoms with van der Waals surface area (Å²) in [6, 6.07) is 11.5. The van der Waals surface area contributed by atoms with Crippen molar-refractivity contribution in [2.24, 2.45) is 4.99 Å². The Hall–Kier alpha value is -2.03. The smallest absolute Gasteiger partial charge is 0.152 e. The predicted molar refractivity (Wildman–Crippen MR) is 60.5 cm³/mol. The van der Waals surface area contributed by atoms with E-state index in [0.717, 1.165) is 11.4 Å². The molecule has 0 unspecified atom stereocenters. The topological polar surface area (TPSA) is 38.1 Å². The molecule has 3 nitrogen and oxygen atoms in total. The Balaban J connectivity index is 2.19. The third-order valence-corrected chi connectivity index (χ3v) is 1.89. The third-order valence-electron chi connectivity index (χ3n) is 1.89. The van der Waals surface area contributed by atoms with E-state index >= 15 is 0 Å². The zero-order valence-corrected chi connectivity index (χ0v) is 8.46. The lowest BCUT2D eigenvalue weighted by atomic mass is 10.3. The molecule has 0 atom stereocenters. The SMILES string of the molecule is Cc1cccc(/N=C/c2ccccn2)n1. The number of pyridine rings is 2. The van der Waals surface area contributed by atoms with Crippen LogP contribution in [-0.2, 0) is 0 Å². The first-order valence-electron chi connectivity index (χ1n) is 4.73. The van der Waals surface area contributed by atoms with Crippen molar-refractivity contribution < 1.29 is 0 Å². The molecule has 0 aliphatic heterocycles. The lowest BCUT2D eigenvalue weighted by molar-refractivity contribution is 1.18. The number of hydrogen-bond acceptors (Lipinski definition) is 3. The molecule has 0 aliphatic rings. The van der Waals surface area contributed by atoms with Crippen molar-refractivity contribution in [1.29, 1.82) is 0 Å². The highest BCUT2D eigenvalue weighted by molar-refractivity contribution is 5.78. The molecule has 0 radical (unpaired) electrons. The average Bonchev–Trinajstić information content (AvgIpc) is 2.28. The van der Waals surface area contributed by atoms with Gasteiger partial charge in [-0.3, -0.25) is 4.98 Å². The summed E-state index contributed by atoms with van der Waals surface area (Å²) in [4.78, 5) is 12.6. The van der Waals surface area contributed by atoms with Gasteiger partial charge in [0.25, 0.3) is 0 Å². The second kappa shape index (κ2) is 4.46. The maximum absolute atomic E-state index is 4.26. The predicted octanol–water partition coefficient (Wildman–Crippen LogP) is 2.54. The summed E-state index contributed by atoms with van der Waals surface area (Å²) in [5, 5.41) is 0. The Kier molecular flexibility index (Phi) is 2.83. The van der Waals surface area contributed by atoms with Crippen LogP contribution < -0.4 is 0 Å². The molecule has 2 aromatic heterocycles. The highest BCUT2D eigenvalue weighted by atomic mass is 14.9. The van der Waals surface area contributed by atoms with E-state index in [9.17, 15) is 0 Å². The van der Waals surface area contributed by atoms with Crippen LogP contribution in [0.5, 0.6) is 0 Å². The summed E-state index contributed by atoms with van der Waals surface area (Å²) in [5.41, 5.74) is 1.80. The molecule has 0 amide bonds. The highest BCUT2D eigenvalue weighted by Crippen LogP contribution is 2.07. The van der Waals surface area contributed by atoms with Crippen LogP contribution >= 0.6 is 0 Å². The molecule has 15 heavy (non-hydrogen) atoms. The second-order valence-electron chi connectivity index (χ2n) is 3.15. The van der Waals surface area contributed by atoms with Crippen LogP contribution in [0.2, 0.25) is 0 Å². The van der Waals surface area contributed by atoms with Crippen LogP contribution in [0, 0.1) is 6.92 Å². The van der Waals surface area contributed by atoms with Gasteiger partial charge in [-0.05, 0) is 31.2 Å². The Morgan fingerprint density at radius 1 is 1.13 bits per heavy atom. The van der Waals surface area contributed by atoms with E-state index in [1.165, 1.54) is 0 Å². The van der Waals surface area contributed by atoms with Crippen molar-refractivity contribution >= 4 is 12.0 Å². The average molecular weight is 197 g/mol. The first-order valence-corrected chi connectivity index (χ1v) is 4.73. The van der Waals surface area contributed by atoms with E-state index < -0.39 is 0 Å². The van der Waals surface area contributed by atoms with Gasteiger partial charge in [-0.25, -0.2) is 9.98 Å². The molecular weight excluding hydrogens is 186 g/mol. The van der Waals surface area contributed by atoms with Crippen molar-refractivity contribution in [3.8, 4) is 0 Å². The molecule has 3 heteroatoms. The fourth-order valence-corrected chi connectivity index (χ4v) is 1.19. The molecule has 0 fully saturated rings. The van der Waals surface area contributed by atoms with Crippen molar-refractivity contribution in [3.63, 3.8) is 0 Å². The Bertz CT molecular complexity index is 463. The van der Waals surface area contributed by atoms with Gasteiger partial charge in [-0.15, -0.1) is 0 Å². The van der Waals surface area contributed by atoms with Gasteiger partial charge in [-0.2, -0.15) is 0 Å². The molecule has 0 saturated carbocycles. The fraction of sp³-hybridized carbons (Fsp3) is 0.0833. The number of nitrogens with zero attached hydrogens (tertiary/aromatic N) is 3. The minimum absolute atomic E-state index is 0.709. The maximum atomic E-state index is 4.26. The van der Waals surface area contributed by atoms with E-state index in [2.05, 4.69) is 15.0 Å². The summed E-state index contributed by atoms with van der Waals surface area (Å²) in [7, 11) is 0. The molecule has 2 rings (SSSR count). The van der Waals surface area contributed by atoms with Crippen LogP contribution in [0.25, 0.3) is 0 Å². The Labute approximate surface area is 88.6 Å². The summed E-state index contributed by atoms with van der Waals surface area (Å²) in [6.07, 6.45) is 3.45. The summed E-state index contributed by atoms with van der Waals surface area (Å²) in [6.45, 7) is 1.94. The van der Waals surface area contributed by atoms with Crippen LogP contribution in [0.1, 0.15) is 11.4 Å². The quantitative estimate of drug-likeness (QED) is 0.694. The zero-order chi connectivity index (χ0) is 10.5. The lowest BCUT2D eigenvalue weighted by Crippen LogP contribution is -1.85. The van der Waals surface area contributed by atoms with Gasteiger partial charge in [0.15, 0.2) is 5.82 Å². The molecule has 0 N–H and O–H groups in total. The molecule has 74 valence electrons. The molecular formula is C12H11N3. The Morgan fingerprint density at radius 3 is 2.80 bits per heavy atom. The van der Waals surface area contributed by atoms with Crippen molar-refractivity contribution in [2.75, 3.05) is 0 Å². The normalized spacial score (nSPS) is 10.7. The van der Waals surface area contributed by atoms with E-state index in [0.29, 0.717) is 5.82 Å². The fourth-order valence-electron chi connectivity index (χ4n) is 1.19. The lowest BCUT2D eigenvalue weighted by Gasteiger charge is -1.94. The number of hydrogen-bond donors (Lipinski definition) is 0. The van der Waals surface area contributed by atoms with Gasteiger partial charge in [0, 0.05) is 11.9 Å². The Morgan fingerprint density at radius 2 is 2.07 bits per heavy atom. The van der Waals surface area contributed by atoms with E-state index in [-0.39, 0.29) is 0 Å². The van der Waals surface area contributed by atoms with Gasteiger partial charge in [0.2, 0.25) is 0 Å². The maximum Gasteiger partial charge on any atom is 0.152 e. The largest absolute Gasteiger partial charge is 0.255 e. The third kappa shape index (κ3) is 2.71. The van der Waals surface area contributed by atoms with E-state index in [4.69, 9.17) is 0 Å². The van der Waals surface area contributed by atoms with Crippen molar-refractivity contribution in [2.45, 2.75) is 6.92 Å². The molecule has 0 aromatic carbocycles. The van der Waals surface area contributed by atoms with Gasteiger partial charge < -0.3 is 0 Å². The number of aryl methyl sites for hydroxylation is 1. The van der Waals surface area contributed by atoms with Crippen molar-refractivity contribution in [3.05, 3.63) is 54.0 Å². The molecule has 0 spiro atoms.